The van der Waals surface area contributed by atoms with E-state index in [2.05, 4.69) is 15.3 Å². The average Bonchev–Trinajstić information content (AvgIpc) is 3.08. The molecule has 1 unspecified atom stereocenters. The maximum Gasteiger partial charge on any atom is 0.193 e. The van der Waals surface area contributed by atoms with Gasteiger partial charge in [0, 0.05) is 38.2 Å². The van der Waals surface area contributed by atoms with Crippen molar-refractivity contribution in [2.45, 2.75) is 26.0 Å². The van der Waals surface area contributed by atoms with Crippen LogP contribution in [0.4, 0.5) is 4.39 Å². The minimum Gasteiger partial charge on any atom is -0.375 e. The molecule has 1 heterocycles. The van der Waals surface area contributed by atoms with Gasteiger partial charge >= 0.3 is 0 Å². The van der Waals surface area contributed by atoms with E-state index in [1.807, 2.05) is 24.3 Å². The normalized spacial score (nSPS) is 12.4. The second kappa shape index (κ2) is 11.8. The van der Waals surface area contributed by atoms with Crippen molar-refractivity contribution in [1.29, 1.82) is 0 Å². The molecule has 5 nitrogen and oxygen atoms in total. The SMILES string of the molecule is CN=C(NCCc1ccc(F)cc1Cl)N(C)Cc1csc(C(C)OC)n1.I. The number of rotatable bonds is 7. The molecule has 1 aromatic heterocycles. The lowest BCUT2D eigenvalue weighted by Gasteiger charge is -2.21. The van der Waals surface area contributed by atoms with Crippen LogP contribution >= 0.6 is 46.9 Å². The highest BCUT2D eigenvalue weighted by atomic mass is 127. The van der Waals surface area contributed by atoms with Crippen molar-refractivity contribution in [3.05, 3.63) is 50.7 Å². The lowest BCUT2D eigenvalue weighted by molar-refractivity contribution is 0.119. The van der Waals surface area contributed by atoms with Gasteiger partial charge in [-0.15, -0.1) is 35.3 Å². The molecule has 1 N–H and O–H groups in total. The Bertz CT molecular complexity index is 759. The van der Waals surface area contributed by atoms with Crippen molar-refractivity contribution >= 4 is 52.9 Å². The van der Waals surface area contributed by atoms with E-state index in [4.69, 9.17) is 16.3 Å². The number of thiazole rings is 1. The van der Waals surface area contributed by atoms with Gasteiger partial charge in [-0.3, -0.25) is 4.99 Å². The Kier molecular flexibility index (Phi) is 10.5. The molecule has 0 bridgehead atoms. The van der Waals surface area contributed by atoms with Crippen molar-refractivity contribution < 1.29 is 9.13 Å². The van der Waals surface area contributed by atoms with Crippen LogP contribution in [0.2, 0.25) is 5.02 Å². The van der Waals surface area contributed by atoms with Gasteiger partial charge in [0.25, 0.3) is 0 Å². The van der Waals surface area contributed by atoms with Crippen molar-refractivity contribution in [3.8, 4) is 0 Å². The maximum atomic E-state index is 13.1. The highest BCUT2D eigenvalue weighted by Crippen LogP contribution is 2.21. The summed E-state index contributed by atoms with van der Waals surface area (Å²) in [4.78, 5) is 10.9. The summed E-state index contributed by atoms with van der Waals surface area (Å²) in [5.74, 6) is 0.435. The number of nitrogens with zero attached hydrogens (tertiary/aromatic N) is 3. The summed E-state index contributed by atoms with van der Waals surface area (Å²) in [5, 5.41) is 6.73. The number of ether oxygens (including phenoxy) is 1. The summed E-state index contributed by atoms with van der Waals surface area (Å²) >= 11 is 7.66. The van der Waals surface area contributed by atoms with E-state index in [1.165, 1.54) is 12.1 Å². The van der Waals surface area contributed by atoms with Crippen LogP contribution in [0.15, 0.2) is 28.6 Å². The van der Waals surface area contributed by atoms with Gasteiger partial charge in [-0.05, 0) is 31.0 Å². The average molecular weight is 527 g/mol. The second-order valence-electron chi connectivity index (χ2n) is 5.87. The molecule has 0 amide bonds. The first kappa shape index (κ1) is 24.1. The lowest BCUT2D eigenvalue weighted by Crippen LogP contribution is -2.39. The summed E-state index contributed by atoms with van der Waals surface area (Å²) in [6.45, 7) is 3.27. The molecule has 150 valence electrons. The molecule has 0 radical (unpaired) electrons. The molecule has 1 atom stereocenters. The van der Waals surface area contributed by atoms with Gasteiger partial charge in [-0.25, -0.2) is 9.37 Å². The standard InChI is InChI=1S/C18H24ClFN4OS.HI/c1-12(25-4)17-23-15(11-26-17)10-24(3)18(21-2)22-8-7-13-5-6-14(20)9-16(13)19;/h5-6,9,11-12H,7-8,10H2,1-4H3,(H,21,22);1H. The smallest absolute Gasteiger partial charge is 0.193 e. The molecule has 0 aliphatic heterocycles. The molecule has 0 saturated carbocycles. The van der Waals surface area contributed by atoms with Crippen LogP contribution in [-0.4, -0.2) is 43.6 Å². The first-order chi connectivity index (χ1) is 12.4. The van der Waals surface area contributed by atoms with Gasteiger partial charge in [0.2, 0.25) is 0 Å². The molecular weight excluding hydrogens is 502 g/mol. The number of aliphatic imine (C=N–C) groups is 1. The Hall–Kier alpha value is -0.970. The molecule has 0 aliphatic rings. The molecule has 2 rings (SSSR count). The van der Waals surface area contributed by atoms with E-state index in [0.29, 0.717) is 24.5 Å². The molecule has 0 spiro atoms. The van der Waals surface area contributed by atoms with Crippen LogP contribution in [0, 0.1) is 5.82 Å². The van der Waals surface area contributed by atoms with Gasteiger partial charge in [0.15, 0.2) is 5.96 Å². The molecule has 1 aromatic carbocycles. The van der Waals surface area contributed by atoms with Crippen molar-refractivity contribution in [2.24, 2.45) is 4.99 Å². The maximum absolute atomic E-state index is 13.1. The second-order valence-corrected chi connectivity index (χ2v) is 7.17. The summed E-state index contributed by atoms with van der Waals surface area (Å²) in [6, 6.07) is 4.46. The first-order valence-electron chi connectivity index (χ1n) is 8.27. The predicted molar refractivity (Wildman–Crippen MR) is 121 cm³/mol. The van der Waals surface area contributed by atoms with E-state index in [9.17, 15) is 4.39 Å². The number of hydrogen-bond acceptors (Lipinski definition) is 4. The number of benzene rings is 1. The summed E-state index contributed by atoms with van der Waals surface area (Å²) in [6.07, 6.45) is 0.676. The number of guanidine groups is 1. The first-order valence-corrected chi connectivity index (χ1v) is 9.53. The molecule has 0 aliphatic carbocycles. The minimum atomic E-state index is -0.326. The van der Waals surface area contributed by atoms with Crippen molar-refractivity contribution in [2.75, 3.05) is 27.7 Å². The monoisotopic (exact) mass is 526 g/mol. The Labute approximate surface area is 186 Å². The zero-order valence-corrected chi connectivity index (χ0v) is 19.7. The fourth-order valence-electron chi connectivity index (χ4n) is 2.42. The largest absolute Gasteiger partial charge is 0.375 e. The fourth-order valence-corrected chi connectivity index (χ4v) is 3.52. The van der Waals surface area contributed by atoms with E-state index in [1.54, 1.807) is 31.6 Å². The Morgan fingerprint density at radius 2 is 2.22 bits per heavy atom. The highest BCUT2D eigenvalue weighted by Gasteiger charge is 2.12. The minimum absolute atomic E-state index is 0. The Morgan fingerprint density at radius 1 is 1.48 bits per heavy atom. The van der Waals surface area contributed by atoms with E-state index < -0.39 is 0 Å². The number of nitrogens with one attached hydrogen (secondary N) is 1. The summed E-state index contributed by atoms with van der Waals surface area (Å²) in [5.41, 5.74) is 1.87. The molecule has 27 heavy (non-hydrogen) atoms. The van der Waals surface area contributed by atoms with E-state index in [-0.39, 0.29) is 35.9 Å². The van der Waals surface area contributed by atoms with Gasteiger partial charge in [-0.1, -0.05) is 17.7 Å². The van der Waals surface area contributed by atoms with Crippen LogP contribution in [0.25, 0.3) is 0 Å². The Morgan fingerprint density at radius 3 is 2.85 bits per heavy atom. The van der Waals surface area contributed by atoms with Gasteiger partial charge in [0.05, 0.1) is 12.2 Å². The number of halogens is 3. The highest BCUT2D eigenvalue weighted by molar-refractivity contribution is 14.0. The fraction of sp³-hybridized carbons (Fsp3) is 0.444. The number of methoxy groups -OCH3 is 1. The molecule has 2 aromatic rings. The van der Waals surface area contributed by atoms with Gasteiger partial charge in [-0.2, -0.15) is 0 Å². The summed E-state index contributed by atoms with van der Waals surface area (Å²) in [7, 11) is 5.37. The molecular formula is C18H25ClFIN4OS. The Balaban J connectivity index is 0.00000364. The number of aromatic nitrogens is 1. The molecule has 0 saturated heterocycles. The van der Waals surface area contributed by atoms with Crippen LogP contribution in [-0.2, 0) is 17.7 Å². The van der Waals surface area contributed by atoms with Crippen LogP contribution in [0.3, 0.4) is 0 Å². The van der Waals surface area contributed by atoms with Crippen molar-refractivity contribution in [3.63, 3.8) is 0 Å². The van der Waals surface area contributed by atoms with Gasteiger partial charge in [0.1, 0.15) is 16.9 Å². The zero-order chi connectivity index (χ0) is 19.1. The lowest BCUT2D eigenvalue weighted by atomic mass is 10.1. The molecule has 9 heteroatoms. The molecule has 0 fully saturated rings. The van der Waals surface area contributed by atoms with E-state index >= 15 is 0 Å². The zero-order valence-electron chi connectivity index (χ0n) is 15.8. The predicted octanol–water partition coefficient (Wildman–Crippen LogP) is 4.51. The third-order valence-electron chi connectivity index (χ3n) is 3.94. The quantitative estimate of drug-likeness (QED) is 0.328. The van der Waals surface area contributed by atoms with Crippen molar-refractivity contribution in [1.82, 2.24) is 15.2 Å². The third kappa shape index (κ3) is 7.17. The number of hydrogen-bond donors (Lipinski definition) is 1. The summed E-state index contributed by atoms with van der Waals surface area (Å²) < 4.78 is 18.4. The van der Waals surface area contributed by atoms with Crippen LogP contribution in [0.5, 0.6) is 0 Å². The van der Waals surface area contributed by atoms with Crippen LogP contribution < -0.4 is 5.32 Å². The topological polar surface area (TPSA) is 49.8 Å². The van der Waals surface area contributed by atoms with E-state index in [0.717, 1.165) is 22.2 Å². The van der Waals surface area contributed by atoms with Gasteiger partial charge < -0.3 is 15.0 Å². The third-order valence-corrected chi connectivity index (χ3v) is 5.34. The van der Waals surface area contributed by atoms with Crippen LogP contribution in [0.1, 0.15) is 29.3 Å².